The lowest BCUT2D eigenvalue weighted by molar-refractivity contribution is -0.139. The lowest BCUT2D eigenvalue weighted by Gasteiger charge is -2.18. The fraction of sp³-hybridized carbons (Fsp3) is 0.0833. The molecule has 0 aliphatic heterocycles. The van der Waals surface area contributed by atoms with E-state index in [4.69, 9.17) is 19.7 Å². The van der Waals surface area contributed by atoms with Crippen LogP contribution in [0.4, 0.5) is 26.3 Å². The van der Waals surface area contributed by atoms with E-state index in [1.807, 2.05) is 0 Å². The Morgan fingerprint density at radius 2 is 0.800 bits per heavy atom. The molecule has 0 spiro atoms. The molecule has 0 atom stereocenters. The Morgan fingerprint density at radius 1 is 0.500 bits per heavy atom. The van der Waals surface area contributed by atoms with E-state index in [9.17, 15) is 55.7 Å². The van der Waals surface area contributed by atoms with E-state index in [2.05, 4.69) is 0 Å². The molecule has 40 heavy (non-hydrogen) atoms. The van der Waals surface area contributed by atoms with Gasteiger partial charge in [0.05, 0.1) is 22.3 Å². The minimum Gasteiger partial charge on any atom is -0.478 e. The second-order valence-corrected chi connectivity index (χ2v) is 7.61. The molecule has 0 aliphatic carbocycles. The zero-order chi connectivity index (χ0) is 30.2. The van der Waals surface area contributed by atoms with Crippen molar-refractivity contribution >= 4 is 23.9 Å². The highest BCUT2D eigenvalue weighted by Crippen LogP contribution is 2.44. The number of carbonyl (C=O) groups is 4. The van der Waals surface area contributed by atoms with E-state index in [1.54, 1.807) is 0 Å². The molecule has 0 fully saturated rings. The third-order valence-corrected chi connectivity index (χ3v) is 5.07. The molecule has 0 aliphatic rings. The molecule has 3 aromatic carbocycles. The SMILES string of the molecule is O=C(O)c1ccc(Oc2ccc(Oc3ccc(C(=O)O)c(C(=O)O)c3C(F)(F)F)cc2)c(C(F)(F)F)c1C(=O)O. The molecule has 16 heteroatoms. The molecule has 4 N–H and O–H groups in total. The Labute approximate surface area is 217 Å². The maximum absolute atomic E-state index is 13.7. The fourth-order valence-corrected chi connectivity index (χ4v) is 3.53. The predicted molar refractivity (Wildman–Crippen MR) is 117 cm³/mol. The van der Waals surface area contributed by atoms with Crippen molar-refractivity contribution < 1.29 is 75.4 Å². The first-order chi connectivity index (χ1) is 18.4. The van der Waals surface area contributed by atoms with Gasteiger partial charge in [0, 0.05) is 0 Å². The number of halogens is 6. The number of aromatic carboxylic acids is 4. The summed E-state index contributed by atoms with van der Waals surface area (Å²) in [7, 11) is 0. The van der Waals surface area contributed by atoms with E-state index in [0.29, 0.717) is 24.3 Å². The summed E-state index contributed by atoms with van der Waals surface area (Å²) in [5.74, 6) is -11.3. The van der Waals surface area contributed by atoms with E-state index < -0.39 is 92.6 Å². The Morgan fingerprint density at radius 3 is 1.02 bits per heavy atom. The summed E-state index contributed by atoms with van der Waals surface area (Å²) in [4.78, 5) is 45.4. The second kappa shape index (κ2) is 10.5. The third-order valence-electron chi connectivity index (χ3n) is 5.07. The molecule has 0 heterocycles. The minimum absolute atomic E-state index is 0.416. The Bertz CT molecular complexity index is 1410. The maximum Gasteiger partial charge on any atom is 0.420 e. The van der Waals surface area contributed by atoms with Gasteiger partial charge in [-0.25, -0.2) is 19.2 Å². The van der Waals surface area contributed by atoms with Crippen LogP contribution >= 0.6 is 0 Å². The Balaban J connectivity index is 2.03. The van der Waals surface area contributed by atoms with Crippen LogP contribution in [0, 0.1) is 0 Å². The van der Waals surface area contributed by atoms with Gasteiger partial charge in [0.25, 0.3) is 0 Å². The lowest BCUT2D eigenvalue weighted by atomic mass is 9.99. The maximum atomic E-state index is 13.7. The van der Waals surface area contributed by atoms with Crippen LogP contribution in [0.15, 0.2) is 48.5 Å². The summed E-state index contributed by atoms with van der Waals surface area (Å²) in [5.41, 5.74) is -9.31. The number of benzene rings is 3. The van der Waals surface area contributed by atoms with Gasteiger partial charge < -0.3 is 29.9 Å². The van der Waals surface area contributed by atoms with Crippen LogP contribution in [-0.2, 0) is 12.4 Å². The van der Waals surface area contributed by atoms with E-state index in [-0.39, 0.29) is 0 Å². The molecular formula is C24H12F6O10. The summed E-state index contributed by atoms with van der Waals surface area (Å²) in [6, 6.07) is 5.89. The van der Waals surface area contributed by atoms with Crippen LogP contribution in [0.3, 0.4) is 0 Å². The molecule has 0 saturated carbocycles. The van der Waals surface area contributed by atoms with Gasteiger partial charge >= 0.3 is 36.2 Å². The van der Waals surface area contributed by atoms with E-state index >= 15 is 0 Å². The topological polar surface area (TPSA) is 168 Å². The average Bonchev–Trinajstić information content (AvgIpc) is 2.82. The normalized spacial score (nSPS) is 11.6. The van der Waals surface area contributed by atoms with Gasteiger partial charge in [-0.2, -0.15) is 26.3 Å². The van der Waals surface area contributed by atoms with Gasteiger partial charge in [-0.3, -0.25) is 0 Å². The largest absolute Gasteiger partial charge is 0.478 e. The second-order valence-electron chi connectivity index (χ2n) is 7.61. The number of hydrogen-bond donors (Lipinski definition) is 4. The average molecular weight is 574 g/mol. The number of ether oxygens (including phenoxy) is 2. The summed E-state index contributed by atoms with van der Waals surface area (Å²) in [6.45, 7) is 0. The molecule has 3 rings (SSSR count). The Hall–Kier alpha value is -5.28. The first-order valence-electron chi connectivity index (χ1n) is 10.3. The van der Waals surface area contributed by atoms with Crippen LogP contribution in [0.25, 0.3) is 0 Å². The number of carboxylic acid groups (broad SMARTS) is 4. The van der Waals surface area contributed by atoms with Crippen LogP contribution in [0.2, 0.25) is 0 Å². The van der Waals surface area contributed by atoms with Crippen molar-refractivity contribution in [3.8, 4) is 23.0 Å². The molecule has 0 unspecified atom stereocenters. The molecule has 0 saturated heterocycles. The van der Waals surface area contributed by atoms with Crippen molar-refractivity contribution in [1.82, 2.24) is 0 Å². The number of carboxylic acids is 4. The molecule has 3 aromatic rings. The highest BCUT2D eigenvalue weighted by Gasteiger charge is 2.43. The number of hydrogen-bond acceptors (Lipinski definition) is 6. The monoisotopic (exact) mass is 574 g/mol. The summed E-state index contributed by atoms with van der Waals surface area (Å²) < 4.78 is 92.3. The minimum atomic E-state index is -5.38. The molecule has 210 valence electrons. The molecule has 0 radical (unpaired) electrons. The smallest absolute Gasteiger partial charge is 0.420 e. The van der Waals surface area contributed by atoms with Crippen molar-refractivity contribution in [2.45, 2.75) is 12.4 Å². The summed E-state index contributed by atoms with van der Waals surface area (Å²) in [5, 5.41) is 36.6. The predicted octanol–water partition coefficient (Wildman–Crippen LogP) is 6.10. The standard InChI is InChI=1S/C24H12F6O10/c25-23(26,27)17-13(7-5-11(19(31)32)15(17)21(35)36)39-9-1-2-10(4-3-9)40-14-8-6-12(20(33)34)16(22(37)38)18(14)24(28,29)30/h1-8H,(H,31,32)(H,33,34)(H,35,36)(H,37,38). The van der Waals surface area contributed by atoms with Gasteiger partial charge in [0.2, 0.25) is 0 Å². The molecule has 0 bridgehead atoms. The fourth-order valence-electron chi connectivity index (χ4n) is 3.53. The van der Waals surface area contributed by atoms with Crippen LogP contribution in [0.5, 0.6) is 23.0 Å². The zero-order valence-corrected chi connectivity index (χ0v) is 19.1. The third kappa shape index (κ3) is 5.90. The van der Waals surface area contributed by atoms with Gasteiger partial charge in [0.1, 0.15) is 34.1 Å². The number of rotatable bonds is 8. The summed E-state index contributed by atoms with van der Waals surface area (Å²) >= 11 is 0. The highest BCUT2D eigenvalue weighted by atomic mass is 19.4. The zero-order valence-electron chi connectivity index (χ0n) is 19.1. The first kappa shape index (κ1) is 29.3. The molecule has 0 amide bonds. The van der Waals surface area contributed by atoms with Crippen molar-refractivity contribution in [2.75, 3.05) is 0 Å². The van der Waals surface area contributed by atoms with E-state index in [1.165, 1.54) is 0 Å². The van der Waals surface area contributed by atoms with Crippen molar-refractivity contribution in [1.29, 1.82) is 0 Å². The van der Waals surface area contributed by atoms with Crippen LogP contribution in [-0.4, -0.2) is 44.3 Å². The van der Waals surface area contributed by atoms with Crippen LogP contribution in [0.1, 0.15) is 52.6 Å². The lowest BCUT2D eigenvalue weighted by Crippen LogP contribution is -2.19. The van der Waals surface area contributed by atoms with Gasteiger partial charge in [0.15, 0.2) is 0 Å². The van der Waals surface area contributed by atoms with E-state index in [0.717, 1.165) is 24.3 Å². The molecule has 0 aromatic heterocycles. The summed E-state index contributed by atoms with van der Waals surface area (Å²) in [6.07, 6.45) is -10.8. The van der Waals surface area contributed by atoms with Crippen LogP contribution < -0.4 is 9.47 Å². The van der Waals surface area contributed by atoms with Crippen molar-refractivity contribution in [3.05, 3.63) is 81.9 Å². The van der Waals surface area contributed by atoms with Gasteiger partial charge in [-0.05, 0) is 48.5 Å². The first-order valence-corrected chi connectivity index (χ1v) is 10.3. The quantitative estimate of drug-likeness (QED) is 0.231. The van der Waals surface area contributed by atoms with Crippen molar-refractivity contribution in [3.63, 3.8) is 0 Å². The Kier molecular flexibility index (Phi) is 7.66. The van der Waals surface area contributed by atoms with Gasteiger partial charge in [-0.1, -0.05) is 0 Å². The molecular weight excluding hydrogens is 562 g/mol. The van der Waals surface area contributed by atoms with Gasteiger partial charge in [-0.15, -0.1) is 0 Å². The highest BCUT2D eigenvalue weighted by molar-refractivity contribution is 6.04. The molecule has 10 nitrogen and oxygen atoms in total. The number of alkyl halides is 6. The van der Waals surface area contributed by atoms with Crippen molar-refractivity contribution in [2.24, 2.45) is 0 Å².